The molecule has 0 fully saturated rings. The highest BCUT2D eigenvalue weighted by molar-refractivity contribution is 8.35. The summed E-state index contributed by atoms with van der Waals surface area (Å²) >= 11 is 0.956. The van der Waals surface area contributed by atoms with Crippen molar-refractivity contribution >= 4 is 449 Å². The van der Waals surface area contributed by atoms with E-state index in [-0.39, 0.29) is 209 Å². The zero-order valence-corrected chi connectivity index (χ0v) is 40.6. The molecule has 1 nitrogen and oxygen atoms in total. The van der Waals surface area contributed by atoms with E-state index in [9.17, 15) is 0 Å². The molecule has 0 unspecified atom stereocenters. The van der Waals surface area contributed by atoms with Gasteiger partial charge in [0.05, 0.1) is 0 Å². The van der Waals surface area contributed by atoms with Crippen molar-refractivity contribution in [3.8, 4) is 5.69 Å². The number of thiophene rings is 1. The molecule has 0 aliphatic carbocycles. The van der Waals surface area contributed by atoms with Gasteiger partial charge in [-0.3, -0.25) is 0 Å². The lowest BCUT2D eigenvalue weighted by Crippen LogP contribution is -2.60. The van der Waals surface area contributed by atoms with Crippen LogP contribution in [-0.2, 0) is 0 Å². The van der Waals surface area contributed by atoms with Crippen LogP contribution >= 0.6 is 21.4 Å². The van der Waals surface area contributed by atoms with Gasteiger partial charge >= 0.3 is 0 Å². The summed E-state index contributed by atoms with van der Waals surface area (Å²) in [6.07, 6.45) is 0. The van der Waals surface area contributed by atoms with Crippen molar-refractivity contribution in [1.82, 2.24) is 4.57 Å². The van der Waals surface area contributed by atoms with E-state index in [1.807, 2.05) is 0 Å². The molecule has 2 heterocycles. The first-order valence-electron chi connectivity index (χ1n) is 21.3. The molecule has 0 spiro atoms. The zero-order valence-electron chi connectivity index (χ0n) is 39.0. The molecule has 0 amide bonds. The molecule has 0 saturated heterocycles. The highest BCUT2D eigenvalue weighted by Crippen LogP contribution is 2.71. The van der Waals surface area contributed by atoms with Crippen molar-refractivity contribution in [2.75, 3.05) is 0 Å². The fourth-order valence-corrected chi connectivity index (χ4v) is 16.3. The lowest BCUT2D eigenvalue weighted by molar-refractivity contribution is 1.21. The maximum Gasteiger partial charge on any atom is 0.118 e. The molecule has 2 aromatic heterocycles. The summed E-state index contributed by atoms with van der Waals surface area (Å²) in [5, 5.41) is 0.440. The number of hydrogen-bond donors (Lipinski definition) is 0. The van der Waals surface area contributed by atoms with E-state index in [0.29, 0.717) is 0 Å². The third kappa shape index (κ3) is 6.98. The van der Waals surface area contributed by atoms with E-state index < -0.39 is 26.4 Å². The van der Waals surface area contributed by atoms with Crippen LogP contribution in [0.1, 0.15) is 0 Å². The molecular formula is C42B29NS2. The van der Waals surface area contributed by atoms with Crippen LogP contribution < -0.4 is 158 Å². The number of benzene rings is 7. The molecule has 0 atom stereocenters. The second-order valence-electron chi connectivity index (χ2n) is 17.6. The van der Waals surface area contributed by atoms with E-state index in [4.69, 9.17) is 228 Å². The third-order valence-corrected chi connectivity index (χ3v) is 19.4. The minimum atomic E-state index is -4.36. The Hall–Kier alpha value is -3.21. The molecule has 58 radical (unpaired) electrons. The number of fused-ring (bicyclic) bond motifs is 6. The Labute approximate surface area is 475 Å². The number of hydrogen-bond acceptors (Lipinski definition) is 1. The van der Waals surface area contributed by atoms with Crippen molar-refractivity contribution in [3.05, 3.63) is 0 Å². The van der Waals surface area contributed by atoms with Crippen LogP contribution in [-0.4, -0.2) is 232 Å². The minimum absolute atomic E-state index is 0.0195. The molecule has 0 aliphatic rings. The largest absolute Gasteiger partial charge is 0.312 e. The van der Waals surface area contributed by atoms with Gasteiger partial charge in [-0.15, -0.1) is 97.8 Å². The quantitative estimate of drug-likeness (QED) is 0.152. The Morgan fingerprint density at radius 3 is 0.824 bits per heavy atom. The van der Waals surface area contributed by atoms with Crippen LogP contribution in [0.3, 0.4) is 0 Å². The standard InChI is InChI=1S/C42B29NS2/c43-5-1-2-6(44)10(48)16(54)24(62)35(2)72(34(1)23(61)15(53)9(5)47)36-25(63)22(60)31(69)41(33(36)71)74(39-27(65)18(56)13(51)19(57)28(39)66,40-29(67)20(58)14(52)21(59)30(40)68)42-32(70)12(50)8(46)4-3-7(45)11(49)17(55)26(64)37(3)73-38(4)42. The van der Waals surface area contributed by atoms with Crippen LogP contribution in [0.15, 0.2) is 19.6 Å². The molecule has 0 bridgehead atoms. The van der Waals surface area contributed by atoms with Crippen molar-refractivity contribution < 1.29 is 0 Å². The fraction of sp³-hybridized carbons (Fsp3) is 0. The van der Waals surface area contributed by atoms with Gasteiger partial charge in [0.2, 0.25) is 0 Å². The Morgan fingerprint density at radius 1 is 0.203 bits per heavy atom. The number of aromatic nitrogens is 1. The molecule has 0 aliphatic heterocycles. The van der Waals surface area contributed by atoms with E-state index in [2.05, 4.69) is 0 Å². The van der Waals surface area contributed by atoms with E-state index >= 15 is 0 Å². The minimum Gasteiger partial charge on any atom is -0.312 e. The highest BCUT2D eigenvalue weighted by Gasteiger charge is 2.44. The Balaban J connectivity index is 1.75. The second kappa shape index (κ2) is 18.7. The summed E-state index contributed by atoms with van der Waals surface area (Å²) in [6.45, 7) is 0. The summed E-state index contributed by atoms with van der Waals surface area (Å²) in [7, 11) is 196. The predicted molar refractivity (Wildman–Crippen MR) is 350 cm³/mol. The summed E-state index contributed by atoms with van der Waals surface area (Å²) in [6, 6.07) is 0. The fourth-order valence-electron chi connectivity index (χ4n) is 9.89. The summed E-state index contributed by atoms with van der Waals surface area (Å²) < 4.78 is 1.70. The van der Waals surface area contributed by atoms with Crippen LogP contribution in [0.2, 0.25) is 0 Å². The zero-order chi connectivity index (χ0) is 55.0. The Bertz CT molecular complexity index is 3940. The monoisotopic (exact) mass is 901 g/mol. The molecule has 32 heteroatoms. The van der Waals surface area contributed by atoms with Crippen LogP contribution in [0, 0.1) is 0 Å². The van der Waals surface area contributed by atoms with Gasteiger partial charge in [-0.25, -0.2) is 0 Å². The van der Waals surface area contributed by atoms with Gasteiger partial charge in [0.1, 0.15) is 228 Å². The molecule has 9 aromatic rings. The Morgan fingerprint density at radius 2 is 0.446 bits per heavy atom. The first-order valence-corrected chi connectivity index (χ1v) is 23.7. The maximum absolute atomic E-state index is 7.80. The normalized spacial score (nSPS) is 12.2. The average molecular weight is 896 g/mol. The van der Waals surface area contributed by atoms with Crippen LogP contribution in [0.4, 0.5) is 0 Å². The molecule has 74 heavy (non-hydrogen) atoms. The van der Waals surface area contributed by atoms with E-state index in [1.54, 1.807) is 0 Å². The van der Waals surface area contributed by atoms with Gasteiger partial charge in [0.15, 0.2) is 0 Å². The lowest BCUT2D eigenvalue weighted by Gasteiger charge is -2.52. The lowest BCUT2D eigenvalue weighted by atomic mass is 9.62. The number of nitrogens with zero attached hydrogens (tertiary/aromatic N) is 1. The third-order valence-electron chi connectivity index (χ3n) is 13.9. The smallest absolute Gasteiger partial charge is 0.118 e. The molecule has 272 valence electrons. The summed E-state index contributed by atoms with van der Waals surface area (Å²) in [5.74, 6) is 0. The van der Waals surface area contributed by atoms with Gasteiger partial charge in [-0.05, 0) is 36.2 Å². The van der Waals surface area contributed by atoms with E-state index in [1.165, 1.54) is 4.57 Å². The predicted octanol–water partition coefficient (Wildman–Crippen LogP) is -22.5. The van der Waals surface area contributed by atoms with Gasteiger partial charge in [-0.2, -0.15) is 0 Å². The SMILES string of the molecule is [B]c1c([B])c([B])c(S(c2c([B])c([B])c([B])c([B])c2[B])(c2c([B])c([B])c([B])c(-n3c4c([B])c([B])c([B])c([B])c4c4c([B])c([B])c([B])c([B])c43)c2[B])c2c([B])c([B])c([B])c3c2sc2c([B])c([B])c([B])c([B])c23)c([B])c1[B]. The number of rotatable bonds is 5. The van der Waals surface area contributed by atoms with Crippen LogP contribution in [0.5, 0.6) is 0 Å². The molecule has 0 N–H and O–H groups in total. The average Bonchev–Trinajstić information content (AvgIpc) is 3.94. The molecular weight excluding hydrogens is 896 g/mol. The van der Waals surface area contributed by atoms with Crippen molar-refractivity contribution in [2.24, 2.45) is 0 Å². The van der Waals surface area contributed by atoms with Gasteiger partial charge in [0.25, 0.3) is 0 Å². The molecule has 0 saturated carbocycles. The van der Waals surface area contributed by atoms with Crippen molar-refractivity contribution in [3.63, 3.8) is 0 Å². The molecule has 7 aromatic carbocycles. The van der Waals surface area contributed by atoms with Gasteiger partial charge < -0.3 is 4.57 Å². The van der Waals surface area contributed by atoms with E-state index in [0.717, 1.165) is 11.3 Å². The van der Waals surface area contributed by atoms with Gasteiger partial charge in [-0.1, -0.05) is 81.9 Å². The van der Waals surface area contributed by atoms with Gasteiger partial charge in [0, 0.05) is 31.0 Å². The summed E-state index contributed by atoms with van der Waals surface area (Å²) in [5.41, 5.74) is -7.41. The van der Waals surface area contributed by atoms with Crippen LogP contribution in [0.25, 0.3) is 47.7 Å². The molecule has 9 rings (SSSR count). The first-order chi connectivity index (χ1) is 34.4. The summed E-state index contributed by atoms with van der Waals surface area (Å²) in [4.78, 5) is -0.915. The van der Waals surface area contributed by atoms with Crippen molar-refractivity contribution in [1.29, 1.82) is 0 Å². The second-order valence-corrected chi connectivity index (χ2v) is 21.4. The maximum atomic E-state index is 7.80. The van der Waals surface area contributed by atoms with Crippen molar-refractivity contribution in [2.45, 2.75) is 19.6 Å². The topological polar surface area (TPSA) is 4.93 Å². The first kappa shape index (κ1) is 55.5. The highest BCUT2D eigenvalue weighted by atomic mass is 32.3. The Kier molecular flexibility index (Phi) is 14.1.